The number of phenols is 1. The summed E-state index contributed by atoms with van der Waals surface area (Å²) in [5.74, 6) is -1.16. The van der Waals surface area contributed by atoms with Crippen LogP contribution in [0.1, 0.15) is 42.3 Å². The van der Waals surface area contributed by atoms with Crippen LogP contribution in [-0.2, 0) is 15.3 Å². The maximum absolute atomic E-state index is 13.4. The second-order valence-electron chi connectivity index (χ2n) is 8.71. The van der Waals surface area contributed by atoms with Crippen LogP contribution in [0.5, 0.6) is 5.75 Å². The monoisotopic (exact) mass is 502 g/mol. The van der Waals surface area contributed by atoms with Gasteiger partial charge in [0.05, 0.1) is 31.0 Å². The minimum Gasteiger partial charge on any atom is -0.507 e. The number of phenolic OH excluding ortho intramolecular Hbond substituents is 1. The highest BCUT2D eigenvalue weighted by Gasteiger charge is 2.31. The van der Waals surface area contributed by atoms with Crippen molar-refractivity contribution in [1.29, 1.82) is 0 Å². The normalized spacial score (nSPS) is 11.8. The molecule has 0 fully saturated rings. The number of hydrogen-bond donors (Lipinski definition) is 2. The molecular formula is C24H23ClN2O6S. The molecule has 0 saturated carbocycles. The highest BCUT2D eigenvalue weighted by molar-refractivity contribution is 7.91. The van der Waals surface area contributed by atoms with Crippen LogP contribution in [-0.4, -0.2) is 24.4 Å². The van der Waals surface area contributed by atoms with Gasteiger partial charge in [0.15, 0.2) is 0 Å². The van der Waals surface area contributed by atoms with Crippen molar-refractivity contribution in [2.75, 3.05) is 5.32 Å². The number of aromatic hydroxyl groups is 1. The molecule has 0 bridgehead atoms. The van der Waals surface area contributed by atoms with Gasteiger partial charge in [0.2, 0.25) is 9.84 Å². The fourth-order valence-electron chi connectivity index (χ4n) is 3.50. The van der Waals surface area contributed by atoms with Crippen LogP contribution in [0.3, 0.4) is 0 Å². The number of nitro benzene ring substituents is 1. The molecule has 2 N–H and O–H groups in total. The van der Waals surface area contributed by atoms with E-state index in [1.165, 1.54) is 37.3 Å². The number of nitrogens with zero attached hydrogens (tertiary/aromatic N) is 1. The smallest absolute Gasteiger partial charge is 0.271 e. The number of carbonyl (C=O) groups is 1. The second kappa shape index (κ2) is 9.08. The van der Waals surface area contributed by atoms with E-state index in [1.807, 2.05) is 0 Å². The van der Waals surface area contributed by atoms with E-state index in [2.05, 4.69) is 5.32 Å². The number of halogens is 1. The Hall–Kier alpha value is -3.43. The molecule has 0 heterocycles. The molecular weight excluding hydrogens is 480 g/mol. The number of nitrogens with one attached hydrogen (secondary N) is 1. The van der Waals surface area contributed by atoms with Crippen molar-refractivity contribution in [2.45, 2.75) is 42.9 Å². The van der Waals surface area contributed by atoms with E-state index in [1.54, 1.807) is 39.0 Å². The molecule has 0 aromatic heterocycles. The second-order valence-corrected chi connectivity index (χ2v) is 11.0. The molecule has 0 saturated heterocycles. The molecule has 0 unspecified atom stereocenters. The number of sulfone groups is 1. The molecule has 0 spiro atoms. The summed E-state index contributed by atoms with van der Waals surface area (Å²) in [5, 5.41) is 24.4. The van der Waals surface area contributed by atoms with Crippen LogP contribution < -0.4 is 5.32 Å². The lowest BCUT2D eigenvalue weighted by atomic mass is 9.84. The summed E-state index contributed by atoms with van der Waals surface area (Å²) in [7, 11) is -4.01. The topological polar surface area (TPSA) is 127 Å². The molecule has 0 aliphatic carbocycles. The first kappa shape index (κ1) is 25.2. The first-order chi connectivity index (χ1) is 15.7. The Balaban J connectivity index is 2.20. The Kier molecular flexibility index (Phi) is 6.73. The number of hydrogen-bond acceptors (Lipinski definition) is 6. The van der Waals surface area contributed by atoms with E-state index in [0.29, 0.717) is 0 Å². The van der Waals surface area contributed by atoms with Crippen LogP contribution in [0.25, 0.3) is 0 Å². The van der Waals surface area contributed by atoms with Gasteiger partial charge in [-0.05, 0) is 42.2 Å². The standard InChI is InChI=1S/C24H23ClN2O6S/c1-14-20(34(32,33)16-8-6-5-7-9-16)13-17(24(2,3)4)22(28)21(14)23(29)26-19-11-10-15(27(30)31)12-18(19)25/h5-13,28H,1-4H3,(H,26,29). The summed E-state index contributed by atoms with van der Waals surface area (Å²) >= 11 is 6.09. The third-order valence-electron chi connectivity index (χ3n) is 5.30. The van der Waals surface area contributed by atoms with Crippen molar-refractivity contribution in [3.05, 3.63) is 86.4 Å². The highest BCUT2D eigenvalue weighted by Crippen LogP contribution is 2.40. The van der Waals surface area contributed by atoms with Crippen molar-refractivity contribution in [1.82, 2.24) is 0 Å². The Bertz CT molecular complexity index is 1400. The zero-order valence-corrected chi connectivity index (χ0v) is 20.5. The SMILES string of the molecule is Cc1c(S(=O)(=O)c2ccccc2)cc(C(C)(C)C)c(O)c1C(=O)Nc1ccc([N+](=O)[O-])cc1Cl. The highest BCUT2D eigenvalue weighted by atomic mass is 35.5. The summed E-state index contributed by atoms with van der Waals surface area (Å²) in [6.45, 7) is 6.79. The molecule has 10 heteroatoms. The Labute approximate surface area is 202 Å². The fourth-order valence-corrected chi connectivity index (χ4v) is 5.27. The molecule has 34 heavy (non-hydrogen) atoms. The molecule has 8 nitrogen and oxygen atoms in total. The third kappa shape index (κ3) is 4.76. The molecule has 0 atom stereocenters. The van der Waals surface area contributed by atoms with E-state index in [0.717, 1.165) is 6.07 Å². The molecule has 3 rings (SSSR count). The van der Waals surface area contributed by atoms with Gasteiger partial charge in [-0.3, -0.25) is 14.9 Å². The lowest BCUT2D eigenvalue weighted by molar-refractivity contribution is -0.384. The first-order valence-electron chi connectivity index (χ1n) is 10.2. The van der Waals surface area contributed by atoms with E-state index in [-0.39, 0.29) is 48.6 Å². The van der Waals surface area contributed by atoms with Crippen LogP contribution in [0.4, 0.5) is 11.4 Å². The molecule has 0 aliphatic heterocycles. The summed E-state index contributed by atoms with van der Waals surface area (Å²) in [4.78, 5) is 23.5. The number of nitro groups is 1. The van der Waals surface area contributed by atoms with Gasteiger partial charge >= 0.3 is 0 Å². The molecule has 0 radical (unpaired) electrons. The molecule has 3 aromatic rings. The number of carbonyl (C=O) groups excluding carboxylic acids is 1. The fraction of sp³-hybridized carbons (Fsp3) is 0.208. The lowest BCUT2D eigenvalue weighted by Gasteiger charge is -2.25. The largest absolute Gasteiger partial charge is 0.507 e. The predicted octanol–water partition coefficient (Wildman–Crippen LogP) is 5.64. The molecule has 1 amide bonds. The number of benzene rings is 3. The summed E-state index contributed by atoms with van der Waals surface area (Å²) in [5.41, 5.74) is -0.773. The van der Waals surface area contributed by atoms with Crippen molar-refractivity contribution in [3.8, 4) is 5.75 Å². The average Bonchev–Trinajstić information content (AvgIpc) is 2.74. The van der Waals surface area contributed by atoms with Crippen molar-refractivity contribution < 1.29 is 23.2 Å². The van der Waals surface area contributed by atoms with E-state index >= 15 is 0 Å². The molecule has 0 aliphatic rings. The van der Waals surface area contributed by atoms with E-state index < -0.39 is 26.1 Å². The maximum Gasteiger partial charge on any atom is 0.271 e. The van der Waals surface area contributed by atoms with Crippen molar-refractivity contribution in [3.63, 3.8) is 0 Å². The van der Waals surface area contributed by atoms with Crippen LogP contribution in [0, 0.1) is 17.0 Å². The Morgan fingerprint density at radius 2 is 1.71 bits per heavy atom. The van der Waals surface area contributed by atoms with Crippen molar-refractivity contribution in [2.24, 2.45) is 0 Å². The van der Waals surface area contributed by atoms with E-state index in [4.69, 9.17) is 11.6 Å². The van der Waals surface area contributed by atoms with Crippen LogP contribution in [0.15, 0.2) is 64.4 Å². The maximum atomic E-state index is 13.4. The predicted molar refractivity (Wildman–Crippen MR) is 129 cm³/mol. The average molecular weight is 503 g/mol. The quantitative estimate of drug-likeness (QED) is 0.343. The molecule has 3 aromatic carbocycles. The van der Waals surface area contributed by atoms with E-state index in [9.17, 15) is 28.4 Å². The lowest BCUT2D eigenvalue weighted by Crippen LogP contribution is -2.20. The van der Waals surface area contributed by atoms with Gasteiger partial charge in [0.1, 0.15) is 5.75 Å². The Morgan fingerprint density at radius 3 is 2.24 bits per heavy atom. The summed E-state index contributed by atoms with van der Waals surface area (Å²) in [6.07, 6.45) is 0. The summed E-state index contributed by atoms with van der Waals surface area (Å²) < 4.78 is 26.9. The third-order valence-corrected chi connectivity index (χ3v) is 7.51. The zero-order valence-electron chi connectivity index (χ0n) is 18.9. The van der Waals surface area contributed by atoms with Gasteiger partial charge in [0.25, 0.3) is 11.6 Å². The first-order valence-corrected chi connectivity index (χ1v) is 12.0. The zero-order chi connectivity index (χ0) is 25.4. The van der Waals surface area contributed by atoms with Gasteiger partial charge in [-0.25, -0.2) is 8.42 Å². The van der Waals surface area contributed by atoms with Crippen molar-refractivity contribution >= 4 is 38.7 Å². The summed E-state index contributed by atoms with van der Waals surface area (Å²) in [6, 6.07) is 12.7. The number of anilines is 1. The molecule has 178 valence electrons. The van der Waals surface area contributed by atoms with Gasteiger partial charge in [-0.15, -0.1) is 0 Å². The van der Waals surface area contributed by atoms with Gasteiger partial charge in [-0.1, -0.05) is 50.6 Å². The van der Waals surface area contributed by atoms with Crippen LogP contribution >= 0.6 is 11.6 Å². The Morgan fingerprint density at radius 1 is 1.09 bits per heavy atom. The number of rotatable bonds is 5. The van der Waals surface area contributed by atoms with Gasteiger partial charge < -0.3 is 10.4 Å². The van der Waals surface area contributed by atoms with Crippen LogP contribution in [0.2, 0.25) is 5.02 Å². The van der Waals surface area contributed by atoms with Gasteiger partial charge in [0, 0.05) is 17.7 Å². The number of non-ortho nitro benzene ring substituents is 1. The minimum atomic E-state index is -4.01. The minimum absolute atomic E-state index is 0.0495. The van der Waals surface area contributed by atoms with Gasteiger partial charge in [-0.2, -0.15) is 0 Å². The number of amides is 1.